The molecule has 2 aliphatic heterocycles. The van der Waals surface area contributed by atoms with Crippen molar-refractivity contribution in [2.75, 3.05) is 32.7 Å². The molecule has 1 unspecified atom stereocenters. The molecule has 1 atom stereocenters. The van der Waals surface area contributed by atoms with Gasteiger partial charge in [-0.1, -0.05) is 30.3 Å². The predicted octanol–water partition coefficient (Wildman–Crippen LogP) is 3.36. The number of hydrogen-bond donors (Lipinski definition) is 0. The molecule has 29 heavy (non-hydrogen) atoms. The standard InChI is InChI=1S/C24H32N4O/c29-23(10-9-22-18-25-13-14-26-22)28-17-12-24(20-28)11-5-16-27(19-24)15-4-8-21-6-2-1-3-7-21/h1-3,6-7,13-14,18H,4-5,8-12,15-17,19-20H2. The molecule has 0 radical (unpaired) electrons. The number of rotatable bonds is 7. The van der Waals surface area contributed by atoms with Gasteiger partial charge in [0.25, 0.3) is 0 Å². The van der Waals surface area contributed by atoms with Gasteiger partial charge in [0.2, 0.25) is 5.91 Å². The van der Waals surface area contributed by atoms with Crippen LogP contribution in [0, 0.1) is 5.41 Å². The minimum Gasteiger partial charge on any atom is -0.342 e. The highest BCUT2D eigenvalue weighted by atomic mass is 16.2. The van der Waals surface area contributed by atoms with E-state index in [9.17, 15) is 4.79 Å². The molecule has 2 aliphatic rings. The number of hydrogen-bond acceptors (Lipinski definition) is 4. The second-order valence-corrected chi connectivity index (χ2v) is 8.73. The van der Waals surface area contributed by atoms with Gasteiger partial charge in [0.15, 0.2) is 0 Å². The van der Waals surface area contributed by atoms with Crippen LogP contribution in [0.1, 0.15) is 43.4 Å². The van der Waals surface area contributed by atoms with Crippen LogP contribution in [0.2, 0.25) is 0 Å². The maximum absolute atomic E-state index is 12.7. The highest BCUT2D eigenvalue weighted by molar-refractivity contribution is 5.76. The summed E-state index contributed by atoms with van der Waals surface area (Å²) in [6.07, 6.45) is 12.4. The van der Waals surface area contributed by atoms with Gasteiger partial charge in [0, 0.05) is 50.1 Å². The van der Waals surface area contributed by atoms with Crippen molar-refractivity contribution in [3.63, 3.8) is 0 Å². The van der Waals surface area contributed by atoms with Crippen molar-refractivity contribution in [2.24, 2.45) is 5.41 Å². The van der Waals surface area contributed by atoms with E-state index in [0.717, 1.165) is 44.7 Å². The van der Waals surface area contributed by atoms with Crippen molar-refractivity contribution >= 4 is 5.91 Å². The lowest BCUT2D eigenvalue weighted by atomic mass is 9.79. The van der Waals surface area contributed by atoms with Crippen LogP contribution < -0.4 is 0 Å². The number of aryl methyl sites for hydroxylation is 2. The Kier molecular flexibility index (Phi) is 6.55. The zero-order valence-electron chi connectivity index (χ0n) is 17.3. The summed E-state index contributed by atoms with van der Waals surface area (Å²) < 4.78 is 0. The van der Waals surface area contributed by atoms with Gasteiger partial charge in [-0.15, -0.1) is 0 Å². The van der Waals surface area contributed by atoms with Gasteiger partial charge in [0.1, 0.15) is 0 Å². The van der Waals surface area contributed by atoms with Gasteiger partial charge in [-0.05, 0) is 57.2 Å². The van der Waals surface area contributed by atoms with Crippen molar-refractivity contribution in [1.82, 2.24) is 19.8 Å². The van der Waals surface area contributed by atoms with E-state index in [0.29, 0.717) is 18.3 Å². The summed E-state index contributed by atoms with van der Waals surface area (Å²) in [4.78, 5) is 25.8. The van der Waals surface area contributed by atoms with E-state index in [1.165, 1.54) is 31.4 Å². The second-order valence-electron chi connectivity index (χ2n) is 8.73. The Bertz CT molecular complexity index is 782. The summed E-state index contributed by atoms with van der Waals surface area (Å²) in [6.45, 7) is 5.36. The van der Waals surface area contributed by atoms with Crippen molar-refractivity contribution < 1.29 is 4.79 Å². The van der Waals surface area contributed by atoms with E-state index in [1.807, 2.05) is 0 Å². The molecule has 154 valence electrons. The Hall–Kier alpha value is -2.27. The smallest absolute Gasteiger partial charge is 0.222 e. The third-order valence-corrected chi connectivity index (χ3v) is 6.53. The molecular weight excluding hydrogens is 360 g/mol. The molecule has 0 bridgehead atoms. The van der Waals surface area contributed by atoms with Gasteiger partial charge in [-0.3, -0.25) is 14.8 Å². The molecule has 3 heterocycles. The Labute approximate surface area is 174 Å². The molecule has 1 aromatic carbocycles. The average molecular weight is 393 g/mol. The zero-order valence-corrected chi connectivity index (χ0v) is 17.3. The Morgan fingerprint density at radius 2 is 1.93 bits per heavy atom. The Morgan fingerprint density at radius 1 is 1.03 bits per heavy atom. The fourth-order valence-electron chi connectivity index (χ4n) is 4.99. The first-order valence-corrected chi connectivity index (χ1v) is 11.0. The Balaban J connectivity index is 1.23. The summed E-state index contributed by atoms with van der Waals surface area (Å²) in [7, 11) is 0. The van der Waals surface area contributed by atoms with Crippen LogP contribution in [-0.4, -0.2) is 58.4 Å². The van der Waals surface area contributed by atoms with Crippen molar-refractivity contribution in [1.29, 1.82) is 0 Å². The first-order chi connectivity index (χ1) is 14.2. The molecule has 0 aliphatic carbocycles. The van der Waals surface area contributed by atoms with E-state index < -0.39 is 0 Å². The fraction of sp³-hybridized carbons (Fsp3) is 0.542. The first-order valence-electron chi connectivity index (χ1n) is 11.0. The minimum atomic E-state index is 0.272. The molecule has 5 nitrogen and oxygen atoms in total. The molecule has 2 saturated heterocycles. The minimum absolute atomic E-state index is 0.272. The molecule has 1 amide bonds. The lowest BCUT2D eigenvalue weighted by Gasteiger charge is -2.40. The van der Waals surface area contributed by atoms with E-state index >= 15 is 0 Å². The van der Waals surface area contributed by atoms with Crippen molar-refractivity contribution in [3.05, 3.63) is 60.2 Å². The van der Waals surface area contributed by atoms with Crippen LogP contribution in [0.15, 0.2) is 48.9 Å². The number of carbonyl (C=O) groups is 1. The topological polar surface area (TPSA) is 49.3 Å². The maximum atomic E-state index is 12.7. The molecule has 2 fully saturated rings. The largest absolute Gasteiger partial charge is 0.342 e. The van der Waals surface area contributed by atoms with Gasteiger partial charge in [0.05, 0.1) is 5.69 Å². The normalized spacial score (nSPS) is 22.3. The molecule has 5 heteroatoms. The summed E-state index contributed by atoms with van der Waals surface area (Å²) in [5, 5.41) is 0. The third kappa shape index (κ3) is 5.41. The van der Waals surface area contributed by atoms with Gasteiger partial charge in [-0.25, -0.2) is 0 Å². The Morgan fingerprint density at radius 3 is 2.76 bits per heavy atom. The monoisotopic (exact) mass is 392 g/mol. The number of benzene rings is 1. The van der Waals surface area contributed by atoms with Gasteiger partial charge < -0.3 is 9.80 Å². The summed E-state index contributed by atoms with van der Waals surface area (Å²) in [6, 6.07) is 10.8. The molecule has 2 aromatic rings. The second kappa shape index (κ2) is 9.49. The van der Waals surface area contributed by atoms with E-state index in [1.54, 1.807) is 18.6 Å². The fourth-order valence-corrected chi connectivity index (χ4v) is 4.99. The molecule has 1 spiro atoms. The van der Waals surface area contributed by atoms with Crippen LogP contribution in [0.4, 0.5) is 0 Å². The number of amides is 1. The van der Waals surface area contributed by atoms with Crippen LogP contribution in [0.5, 0.6) is 0 Å². The molecule has 0 N–H and O–H groups in total. The quantitative estimate of drug-likeness (QED) is 0.725. The number of carbonyl (C=O) groups excluding carboxylic acids is 1. The summed E-state index contributed by atoms with van der Waals surface area (Å²) >= 11 is 0. The van der Waals surface area contributed by atoms with Gasteiger partial charge >= 0.3 is 0 Å². The number of piperidine rings is 1. The van der Waals surface area contributed by atoms with E-state index in [4.69, 9.17) is 0 Å². The molecular formula is C24H32N4O. The molecule has 0 saturated carbocycles. The van der Waals surface area contributed by atoms with Crippen LogP contribution in [-0.2, 0) is 17.6 Å². The van der Waals surface area contributed by atoms with Crippen molar-refractivity contribution in [3.8, 4) is 0 Å². The summed E-state index contributed by atoms with van der Waals surface area (Å²) in [5.74, 6) is 0.272. The van der Waals surface area contributed by atoms with Crippen LogP contribution >= 0.6 is 0 Å². The zero-order chi connectivity index (χ0) is 19.9. The SMILES string of the molecule is O=C(CCc1cnccn1)N1CCC2(CCCN(CCCc3ccccc3)C2)C1. The molecule has 1 aromatic heterocycles. The van der Waals surface area contributed by atoms with Crippen molar-refractivity contribution in [2.45, 2.75) is 44.9 Å². The average Bonchev–Trinajstić information content (AvgIpc) is 3.17. The number of nitrogens with zero attached hydrogens (tertiary/aromatic N) is 4. The van der Waals surface area contributed by atoms with E-state index in [-0.39, 0.29) is 5.91 Å². The lowest BCUT2D eigenvalue weighted by Crippen LogP contribution is -2.45. The van der Waals surface area contributed by atoms with Crippen LogP contribution in [0.25, 0.3) is 0 Å². The highest BCUT2D eigenvalue weighted by Crippen LogP contribution is 2.39. The van der Waals surface area contributed by atoms with Crippen LogP contribution in [0.3, 0.4) is 0 Å². The summed E-state index contributed by atoms with van der Waals surface area (Å²) in [5.41, 5.74) is 2.64. The highest BCUT2D eigenvalue weighted by Gasteiger charge is 2.42. The third-order valence-electron chi connectivity index (χ3n) is 6.53. The van der Waals surface area contributed by atoms with Gasteiger partial charge in [-0.2, -0.15) is 0 Å². The van der Waals surface area contributed by atoms with E-state index in [2.05, 4.69) is 50.1 Å². The first kappa shape index (κ1) is 20.0. The maximum Gasteiger partial charge on any atom is 0.222 e. The molecule has 4 rings (SSSR count). The number of aromatic nitrogens is 2. The lowest BCUT2D eigenvalue weighted by molar-refractivity contribution is -0.130. The predicted molar refractivity (Wildman–Crippen MR) is 114 cm³/mol. The number of likely N-dealkylation sites (tertiary alicyclic amines) is 2.